The van der Waals surface area contributed by atoms with Gasteiger partial charge in [-0.3, -0.25) is 14.9 Å². The first-order valence-electron chi connectivity index (χ1n) is 7.09. The van der Waals surface area contributed by atoms with Gasteiger partial charge in [0.2, 0.25) is 0 Å². The molecule has 0 saturated heterocycles. The van der Waals surface area contributed by atoms with E-state index in [0.29, 0.717) is 27.5 Å². The maximum Gasteiger partial charge on any atom is 0.270 e. The van der Waals surface area contributed by atoms with E-state index < -0.39 is 4.92 Å². The van der Waals surface area contributed by atoms with Crippen LogP contribution in [0.3, 0.4) is 0 Å². The highest BCUT2D eigenvalue weighted by molar-refractivity contribution is 6.30. The van der Waals surface area contributed by atoms with E-state index in [-0.39, 0.29) is 31.5 Å². The van der Waals surface area contributed by atoms with Gasteiger partial charge in [-0.15, -0.1) is 0 Å². The Kier molecular flexibility index (Phi) is 4.64. The third kappa shape index (κ3) is 3.47. The molecule has 3 rings (SSSR count). The number of nitro benzene ring substituents is 1. The Hall–Kier alpha value is -2.64. The molecule has 0 unspecified atom stereocenters. The number of nitrogens with zero attached hydrogens (tertiary/aromatic N) is 1. The Bertz CT molecular complexity index is 792. The van der Waals surface area contributed by atoms with Gasteiger partial charge < -0.3 is 14.8 Å². The zero-order valence-corrected chi connectivity index (χ0v) is 13.2. The molecule has 0 spiro atoms. The van der Waals surface area contributed by atoms with Crippen LogP contribution in [-0.4, -0.2) is 17.6 Å². The number of hydrogen-bond donors (Lipinski definition) is 1. The van der Waals surface area contributed by atoms with Crippen molar-refractivity contribution in [2.75, 3.05) is 6.79 Å². The van der Waals surface area contributed by atoms with Gasteiger partial charge in [0.25, 0.3) is 11.6 Å². The Balaban J connectivity index is 1.81. The van der Waals surface area contributed by atoms with Crippen molar-refractivity contribution in [3.63, 3.8) is 0 Å². The maximum absolute atomic E-state index is 12.2. The monoisotopic (exact) mass is 348 g/mol. The summed E-state index contributed by atoms with van der Waals surface area (Å²) in [6.45, 7) is 0.406. The van der Waals surface area contributed by atoms with Crippen molar-refractivity contribution in [1.82, 2.24) is 5.32 Å². The number of ether oxygens (including phenoxy) is 2. The molecule has 2 aromatic rings. The van der Waals surface area contributed by atoms with Crippen molar-refractivity contribution in [1.29, 1.82) is 0 Å². The molecule has 0 aromatic heterocycles. The van der Waals surface area contributed by atoms with Crippen molar-refractivity contribution in [3.05, 3.63) is 68.2 Å². The lowest BCUT2D eigenvalue weighted by molar-refractivity contribution is -0.385. The maximum atomic E-state index is 12.2. The molecule has 0 saturated carbocycles. The van der Waals surface area contributed by atoms with Crippen LogP contribution in [0.5, 0.6) is 5.75 Å². The van der Waals surface area contributed by atoms with Gasteiger partial charge in [-0.2, -0.15) is 0 Å². The van der Waals surface area contributed by atoms with E-state index in [4.69, 9.17) is 21.1 Å². The second-order valence-electron chi connectivity index (χ2n) is 5.15. The lowest BCUT2D eigenvalue weighted by atomic mass is 10.1. The summed E-state index contributed by atoms with van der Waals surface area (Å²) in [4.78, 5) is 22.7. The van der Waals surface area contributed by atoms with E-state index in [0.717, 1.165) is 0 Å². The van der Waals surface area contributed by atoms with E-state index in [9.17, 15) is 14.9 Å². The number of carbonyl (C=O) groups is 1. The molecule has 7 nitrogen and oxygen atoms in total. The summed E-state index contributed by atoms with van der Waals surface area (Å²) in [5.41, 5.74) is 1.50. The second kappa shape index (κ2) is 6.86. The van der Waals surface area contributed by atoms with Crippen molar-refractivity contribution < 1.29 is 19.2 Å². The average Bonchev–Trinajstić information content (AvgIpc) is 2.59. The number of carbonyl (C=O) groups excluding carboxylic acids is 1. The lowest BCUT2D eigenvalue weighted by Crippen LogP contribution is -2.24. The molecule has 8 heteroatoms. The van der Waals surface area contributed by atoms with Crippen LogP contribution in [0.4, 0.5) is 5.69 Å². The molecule has 0 fully saturated rings. The van der Waals surface area contributed by atoms with E-state index in [1.54, 1.807) is 24.3 Å². The Morgan fingerprint density at radius 1 is 1.29 bits per heavy atom. The van der Waals surface area contributed by atoms with Crippen LogP contribution in [-0.2, 0) is 17.9 Å². The number of benzene rings is 2. The average molecular weight is 349 g/mol. The first-order valence-corrected chi connectivity index (χ1v) is 7.47. The zero-order valence-electron chi connectivity index (χ0n) is 12.5. The summed E-state index contributed by atoms with van der Waals surface area (Å²) in [6.07, 6.45) is 0. The third-order valence-electron chi connectivity index (χ3n) is 3.53. The molecule has 0 bridgehead atoms. The van der Waals surface area contributed by atoms with Gasteiger partial charge in [0, 0.05) is 40.4 Å². The SMILES string of the molecule is O=C(NCc1cc([N+](=O)[O-])cc2c1OCOC2)c1ccc(Cl)cc1. The predicted octanol–water partition coefficient (Wildman–Crippen LogP) is 3.04. The molecule has 24 heavy (non-hydrogen) atoms. The topological polar surface area (TPSA) is 90.7 Å². The van der Waals surface area contributed by atoms with E-state index in [2.05, 4.69) is 5.32 Å². The van der Waals surface area contributed by atoms with Gasteiger partial charge in [0.15, 0.2) is 6.79 Å². The van der Waals surface area contributed by atoms with Crippen LogP contribution < -0.4 is 10.1 Å². The van der Waals surface area contributed by atoms with Crippen LogP contribution in [0, 0.1) is 10.1 Å². The molecular weight excluding hydrogens is 336 g/mol. The first kappa shape index (κ1) is 16.2. The number of rotatable bonds is 4. The minimum atomic E-state index is -0.487. The molecular formula is C16H13ClN2O5. The van der Waals surface area contributed by atoms with E-state index in [1.807, 2.05) is 0 Å². The standard InChI is InChI=1S/C16H13ClN2O5/c17-13-3-1-10(2-4-13)16(20)18-7-11-5-14(19(21)22)6-12-8-23-9-24-15(11)12/h1-6H,7-9H2,(H,18,20). The quantitative estimate of drug-likeness (QED) is 0.677. The van der Waals surface area contributed by atoms with Gasteiger partial charge in [0.05, 0.1) is 11.5 Å². The number of nitro groups is 1. The molecule has 1 N–H and O–H groups in total. The summed E-state index contributed by atoms with van der Waals surface area (Å²) in [5, 5.41) is 14.3. The fraction of sp³-hybridized carbons (Fsp3) is 0.188. The molecule has 0 aliphatic carbocycles. The third-order valence-corrected chi connectivity index (χ3v) is 3.78. The van der Waals surface area contributed by atoms with Crippen molar-refractivity contribution in [2.45, 2.75) is 13.2 Å². The first-order chi connectivity index (χ1) is 11.5. The molecule has 1 aliphatic heterocycles. The molecule has 1 amide bonds. The molecule has 1 heterocycles. The predicted molar refractivity (Wildman–Crippen MR) is 86.0 cm³/mol. The second-order valence-corrected chi connectivity index (χ2v) is 5.59. The molecule has 2 aromatic carbocycles. The number of nitrogens with one attached hydrogen (secondary N) is 1. The number of hydrogen-bond acceptors (Lipinski definition) is 5. The van der Waals surface area contributed by atoms with E-state index >= 15 is 0 Å². The number of non-ortho nitro benzene ring substituents is 1. The minimum absolute atomic E-state index is 0.0707. The normalized spacial score (nSPS) is 12.9. The fourth-order valence-corrected chi connectivity index (χ4v) is 2.52. The van der Waals surface area contributed by atoms with Gasteiger partial charge in [0.1, 0.15) is 5.75 Å². The number of fused-ring (bicyclic) bond motifs is 1. The lowest BCUT2D eigenvalue weighted by Gasteiger charge is -2.20. The van der Waals surface area contributed by atoms with Crippen LogP contribution in [0.25, 0.3) is 0 Å². The summed E-state index contributed by atoms with van der Waals surface area (Å²) < 4.78 is 10.6. The van der Waals surface area contributed by atoms with Gasteiger partial charge >= 0.3 is 0 Å². The number of amides is 1. The van der Waals surface area contributed by atoms with Crippen molar-refractivity contribution in [3.8, 4) is 5.75 Å². The molecule has 0 atom stereocenters. The van der Waals surface area contributed by atoms with Crippen LogP contribution in [0.1, 0.15) is 21.5 Å². The summed E-state index contributed by atoms with van der Waals surface area (Å²) in [6, 6.07) is 9.25. The Morgan fingerprint density at radius 2 is 2.04 bits per heavy atom. The van der Waals surface area contributed by atoms with Crippen molar-refractivity contribution in [2.24, 2.45) is 0 Å². The highest BCUT2D eigenvalue weighted by atomic mass is 35.5. The van der Waals surface area contributed by atoms with Crippen LogP contribution in [0.2, 0.25) is 5.02 Å². The van der Waals surface area contributed by atoms with Gasteiger partial charge in [-0.25, -0.2) is 0 Å². The summed E-state index contributed by atoms with van der Waals surface area (Å²) in [7, 11) is 0. The summed E-state index contributed by atoms with van der Waals surface area (Å²) >= 11 is 5.79. The number of halogens is 1. The highest BCUT2D eigenvalue weighted by Crippen LogP contribution is 2.32. The zero-order chi connectivity index (χ0) is 17.1. The van der Waals surface area contributed by atoms with Gasteiger partial charge in [-0.05, 0) is 24.3 Å². The largest absolute Gasteiger partial charge is 0.467 e. The smallest absolute Gasteiger partial charge is 0.270 e. The molecule has 0 radical (unpaired) electrons. The minimum Gasteiger partial charge on any atom is -0.467 e. The fourth-order valence-electron chi connectivity index (χ4n) is 2.40. The Morgan fingerprint density at radius 3 is 2.75 bits per heavy atom. The molecule has 124 valence electrons. The summed E-state index contributed by atoms with van der Waals surface area (Å²) in [5.74, 6) is 0.210. The molecule has 1 aliphatic rings. The van der Waals surface area contributed by atoms with Crippen LogP contribution in [0.15, 0.2) is 36.4 Å². The van der Waals surface area contributed by atoms with E-state index in [1.165, 1.54) is 12.1 Å². The Labute approximate surface area is 142 Å². The van der Waals surface area contributed by atoms with Gasteiger partial charge in [-0.1, -0.05) is 11.6 Å². The van der Waals surface area contributed by atoms with Crippen LogP contribution >= 0.6 is 11.6 Å². The van der Waals surface area contributed by atoms with Crippen molar-refractivity contribution >= 4 is 23.2 Å². The highest BCUT2D eigenvalue weighted by Gasteiger charge is 2.21.